The van der Waals surface area contributed by atoms with Gasteiger partial charge in [0.1, 0.15) is 11.1 Å². The largest absolute Gasteiger partial charge is 0.326 e. The summed E-state index contributed by atoms with van der Waals surface area (Å²) < 4.78 is 13.3. The lowest BCUT2D eigenvalue weighted by molar-refractivity contribution is -0.128. The molecule has 1 atom stereocenters. The highest BCUT2D eigenvalue weighted by atomic mass is 32.2. The summed E-state index contributed by atoms with van der Waals surface area (Å²) in [5.74, 6) is -0.739. The number of carbonyl (C=O) groups excluding carboxylic acids is 2. The highest BCUT2D eigenvalue weighted by Gasteiger charge is 2.39. The van der Waals surface area contributed by atoms with Crippen LogP contribution in [-0.4, -0.2) is 27.1 Å². The second-order valence-electron chi connectivity index (χ2n) is 7.91. The lowest BCUT2D eigenvalue weighted by atomic mass is 10.1. The van der Waals surface area contributed by atoms with Gasteiger partial charge >= 0.3 is 0 Å². The quantitative estimate of drug-likeness (QED) is 0.520. The van der Waals surface area contributed by atoms with E-state index >= 15 is 0 Å². The Morgan fingerprint density at radius 1 is 1.00 bits per heavy atom. The van der Waals surface area contributed by atoms with Crippen LogP contribution in [0, 0.1) is 19.7 Å². The Kier molecular flexibility index (Phi) is 6.89. The van der Waals surface area contributed by atoms with E-state index in [-0.39, 0.29) is 30.6 Å². The van der Waals surface area contributed by atoms with Gasteiger partial charge in [0.05, 0.1) is 12.2 Å². The number of nitrogens with zero attached hydrogens (tertiary/aromatic N) is 2. The van der Waals surface area contributed by atoms with E-state index in [9.17, 15) is 14.0 Å². The van der Waals surface area contributed by atoms with E-state index in [4.69, 9.17) is 0 Å². The Bertz CT molecular complexity index is 1180. The first kappa shape index (κ1) is 22.7. The molecule has 7 heteroatoms. The van der Waals surface area contributed by atoms with Crippen LogP contribution in [0.1, 0.15) is 23.1 Å². The minimum Gasteiger partial charge on any atom is -0.326 e. The van der Waals surface area contributed by atoms with Gasteiger partial charge in [-0.2, -0.15) is 0 Å². The lowest BCUT2D eigenvalue weighted by Gasteiger charge is -2.17. The summed E-state index contributed by atoms with van der Waals surface area (Å²) in [7, 11) is 0. The minimum atomic E-state index is -0.586. The van der Waals surface area contributed by atoms with Crippen LogP contribution in [0.5, 0.6) is 0 Å². The summed E-state index contributed by atoms with van der Waals surface area (Å²) in [6, 6.07) is 21.2. The van der Waals surface area contributed by atoms with Crippen molar-refractivity contribution in [2.24, 2.45) is 4.99 Å². The minimum absolute atomic E-state index is 0.0327. The van der Waals surface area contributed by atoms with Gasteiger partial charge in [-0.15, -0.1) is 0 Å². The normalized spacial score (nSPS) is 16.9. The number of benzene rings is 3. The number of para-hydroxylation sites is 2. The summed E-state index contributed by atoms with van der Waals surface area (Å²) >= 11 is 1.28. The fourth-order valence-corrected chi connectivity index (χ4v) is 4.78. The van der Waals surface area contributed by atoms with Crippen molar-refractivity contribution in [3.05, 3.63) is 95.3 Å². The molecule has 0 radical (unpaired) electrons. The maximum atomic E-state index is 13.3. The van der Waals surface area contributed by atoms with Gasteiger partial charge in [0.25, 0.3) is 0 Å². The van der Waals surface area contributed by atoms with E-state index in [1.807, 2.05) is 62.4 Å². The predicted molar refractivity (Wildman–Crippen MR) is 131 cm³/mol. The van der Waals surface area contributed by atoms with E-state index in [0.29, 0.717) is 5.17 Å². The molecule has 0 saturated carbocycles. The zero-order chi connectivity index (χ0) is 23.4. The smallest absolute Gasteiger partial charge is 0.242 e. The van der Waals surface area contributed by atoms with Crippen LogP contribution in [0.15, 0.2) is 77.8 Å². The van der Waals surface area contributed by atoms with Crippen LogP contribution in [-0.2, 0) is 16.1 Å². The van der Waals surface area contributed by atoms with Gasteiger partial charge in [-0.25, -0.2) is 9.38 Å². The Morgan fingerprint density at radius 2 is 1.67 bits per heavy atom. The Balaban J connectivity index is 1.55. The molecule has 4 rings (SSSR count). The maximum absolute atomic E-state index is 13.3. The van der Waals surface area contributed by atoms with Crippen LogP contribution < -0.4 is 5.32 Å². The predicted octanol–water partition coefficient (Wildman–Crippen LogP) is 5.60. The van der Waals surface area contributed by atoms with Crippen molar-refractivity contribution in [2.75, 3.05) is 5.32 Å². The molecule has 1 heterocycles. The van der Waals surface area contributed by atoms with Crippen molar-refractivity contribution >= 4 is 40.1 Å². The fourth-order valence-electron chi connectivity index (χ4n) is 3.63. The SMILES string of the molecule is Cc1cccc(C)c1NC(=O)CC1SC(=Nc2ccccc2)N(Cc2ccc(F)cc2)C1=O. The van der Waals surface area contributed by atoms with Crippen molar-refractivity contribution in [2.45, 2.75) is 32.1 Å². The Morgan fingerprint density at radius 3 is 2.33 bits per heavy atom. The number of nitrogens with one attached hydrogen (secondary N) is 1. The van der Waals surface area contributed by atoms with Crippen molar-refractivity contribution in [3.63, 3.8) is 0 Å². The molecule has 0 spiro atoms. The van der Waals surface area contributed by atoms with Gasteiger partial charge in [-0.3, -0.25) is 14.5 Å². The van der Waals surface area contributed by atoms with Crippen LogP contribution in [0.3, 0.4) is 0 Å². The van der Waals surface area contributed by atoms with Crippen molar-refractivity contribution < 1.29 is 14.0 Å². The molecule has 1 saturated heterocycles. The van der Waals surface area contributed by atoms with Crippen LogP contribution in [0.25, 0.3) is 0 Å². The Labute approximate surface area is 196 Å². The summed E-state index contributed by atoms with van der Waals surface area (Å²) in [6.07, 6.45) is 0.0327. The topological polar surface area (TPSA) is 61.8 Å². The molecule has 168 valence electrons. The Hall–Kier alpha value is -3.45. The van der Waals surface area contributed by atoms with E-state index in [1.165, 1.54) is 23.9 Å². The lowest BCUT2D eigenvalue weighted by Crippen LogP contribution is -2.33. The van der Waals surface area contributed by atoms with Crippen LogP contribution in [0.2, 0.25) is 0 Å². The summed E-state index contributed by atoms with van der Waals surface area (Å²) in [5, 5.41) is 2.90. The third-order valence-corrected chi connectivity index (χ3v) is 6.55. The summed E-state index contributed by atoms with van der Waals surface area (Å²) in [6.45, 7) is 4.13. The second kappa shape index (κ2) is 10.0. The number of hydrogen-bond donors (Lipinski definition) is 1. The second-order valence-corrected chi connectivity index (χ2v) is 9.08. The fraction of sp³-hybridized carbons (Fsp3) is 0.192. The van der Waals surface area contributed by atoms with Gasteiger partial charge in [0.15, 0.2) is 5.17 Å². The highest BCUT2D eigenvalue weighted by Crippen LogP contribution is 2.33. The van der Waals surface area contributed by atoms with Gasteiger partial charge in [-0.05, 0) is 54.8 Å². The molecule has 1 aliphatic rings. The molecule has 3 aromatic rings. The van der Waals surface area contributed by atoms with Crippen LogP contribution >= 0.6 is 11.8 Å². The number of anilines is 1. The molecular weight excluding hydrogens is 437 g/mol. The average molecular weight is 462 g/mol. The highest BCUT2D eigenvalue weighted by molar-refractivity contribution is 8.15. The zero-order valence-corrected chi connectivity index (χ0v) is 19.2. The maximum Gasteiger partial charge on any atom is 0.242 e. The third-order valence-electron chi connectivity index (χ3n) is 5.37. The monoisotopic (exact) mass is 461 g/mol. The first-order valence-corrected chi connectivity index (χ1v) is 11.5. The summed E-state index contributed by atoms with van der Waals surface area (Å²) in [5.41, 5.74) is 4.22. The van der Waals surface area contributed by atoms with Gasteiger partial charge < -0.3 is 5.32 Å². The number of halogens is 1. The molecular formula is C26H24FN3O2S. The van der Waals surface area contributed by atoms with E-state index in [0.717, 1.165) is 28.1 Å². The first-order valence-electron chi connectivity index (χ1n) is 10.6. The number of aliphatic imine (C=N–C) groups is 1. The van der Waals surface area contributed by atoms with E-state index in [1.54, 1.807) is 17.0 Å². The number of aryl methyl sites for hydroxylation is 2. The molecule has 5 nitrogen and oxygen atoms in total. The molecule has 1 fully saturated rings. The average Bonchev–Trinajstić information content (AvgIpc) is 3.07. The first-order chi connectivity index (χ1) is 15.9. The van der Waals surface area contributed by atoms with Gasteiger partial charge in [0, 0.05) is 12.1 Å². The molecule has 1 unspecified atom stereocenters. The number of amides is 2. The molecule has 33 heavy (non-hydrogen) atoms. The van der Waals surface area contributed by atoms with Crippen molar-refractivity contribution in [1.82, 2.24) is 4.90 Å². The molecule has 1 N–H and O–H groups in total. The molecule has 3 aromatic carbocycles. The van der Waals surface area contributed by atoms with E-state index in [2.05, 4.69) is 10.3 Å². The zero-order valence-electron chi connectivity index (χ0n) is 18.4. The van der Waals surface area contributed by atoms with Crippen molar-refractivity contribution in [1.29, 1.82) is 0 Å². The summed E-state index contributed by atoms with van der Waals surface area (Å²) in [4.78, 5) is 32.3. The number of amidine groups is 1. The molecule has 0 bridgehead atoms. The van der Waals surface area contributed by atoms with E-state index < -0.39 is 5.25 Å². The molecule has 0 aromatic heterocycles. The van der Waals surface area contributed by atoms with Crippen molar-refractivity contribution in [3.8, 4) is 0 Å². The van der Waals surface area contributed by atoms with Gasteiger partial charge in [0.2, 0.25) is 11.8 Å². The number of rotatable bonds is 6. The van der Waals surface area contributed by atoms with Gasteiger partial charge in [-0.1, -0.05) is 60.3 Å². The number of hydrogen-bond acceptors (Lipinski definition) is 4. The third kappa shape index (κ3) is 5.49. The molecule has 2 amide bonds. The molecule has 0 aliphatic carbocycles. The number of thioether (sulfide) groups is 1. The molecule has 1 aliphatic heterocycles. The number of carbonyl (C=O) groups is 2. The van der Waals surface area contributed by atoms with Crippen LogP contribution in [0.4, 0.5) is 15.8 Å². The standard InChI is InChI=1S/C26H24FN3O2S/c1-17-7-6-8-18(2)24(17)29-23(31)15-22-25(32)30(16-19-11-13-20(27)14-12-19)26(33-22)28-21-9-4-3-5-10-21/h3-14,22H,15-16H2,1-2H3,(H,29,31).